The van der Waals surface area contributed by atoms with Crippen LogP contribution in [0, 0.1) is 12.8 Å². The molecular weight excluding hydrogens is 313 g/mol. The van der Waals surface area contributed by atoms with Gasteiger partial charge in [-0.3, -0.25) is 4.79 Å². The first-order valence-electron chi connectivity index (χ1n) is 4.85. The molecule has 1 atom stereocenters. The van der Waals surface area contributed by atoms with Gasteiger partial charge in [-0.15, -0.1) is 23.2 Å². The molecule has 1 aromatic carbocycles. The van der Waals surface area contributed by atoms with Gasteiger partial charge < -0.3 is 5.32 Å². The Labute approximate surface area is 112 Å². The zero-order valence-corrected chi connectivity index (χ0v) is 11.7. The predicted molar refractivity (Wildman–Crippen MR) is 70.1 cm³/mol. The zero-order chi connectivity index (χ0) is 11.9. The molecule has 16 heavy (non-hydrogen) atoms. The largest absolute Gasteiger partial charge is 0.326 e. The lowest BCUT2D eigenvalue weighted by atomic mass is 10.2. The van der Waals surface area contributed by atoms with Crippen LogP contribution in [0.25, 0.3) is 0 Å². The molecule has 1 aliphatic rings. The van der Waals surface area contributed by atoms with Crippen LogP contribution >= 0.6 is 39.1 Å². The molecule has 1 saturated carbocycles. The molecule has 0 saturated heterocycles. The van der Waals surface area contributed by atoms with Gasteiger partial charge in [0.2, 0.25) is 5.91 Å². The fourth-order valence-electron chi connectivity index (χ4n) is 1.48. The average molecular weight is 323 g/mol. The first kappa shape index (κ1) is 12.2. The van der Waals surface area contributed by atoms with Crippen LogP contribution in [0.15, 0.2) is 22.7 Å². The summed E-state index contributed by atoms with van der Waals surface area (Å²) in [4.78, 5) is 11.7. The first-order chi connectivity index (χ1) is 7.40. The summed E-state index contributed by atoms with van der Waals surface area (Å²) in [5.74, 6) is -0.408. The normalized spacial score (nSPS) is 21.6. The molecule has 1 N–H and O–H groups in total. The van der Waals surface area contributed by atoms with Crippen molar-refractivity contribution in [3.05, 3.63) is 28.2 Å². The standard InChI is InChI=1S/C11H10BrCl2NO/c1-6-4-7(12)2-3-9(6)15-10(16)8-5-11(8,13)14/h2-4,8H,5H2,1H3,(H,15,16). The van der Waals surface area contributed by atoms with Gasteiger partial charge in [0, 0.05) is 10.2 Å². The summed E-state index contributed by atoms with van der Waals surface area (Å²) in [6.07, 6.45) is 0.525. The number of benzene rings is 1. The highest BCUT2D eigenvalue weighted by Crippen LogP contribution is 2.53. The molecule has 0 heterocycles. The number of carbonyl (C=O) groups excluding carboxylic acids is 1. The molecule has 0 bridgehead atoms. The Balaban J connectivity index is 2.07. The summed E-state index contributed by atoms with van der Waals surface area (Å²) in [6, 6.07) is 5.67. The van der Waals surface area contributed by atoms with Crippen LogP contribution < -0.4 is 5.32 Å². The minimum Gasteiger partial charge on any atom is -0.326 e. The molecule has 5 heteroatoms. The summed E-state index contributed by atoms with van der Waals surface area (Å²) in [5, 5.41) is 2.83. The molecule has 2 nitrogen and oxygen atoms in total. The predicted octanol–water partition coefficient (Wildman–Crippen LogP) is 3.89. The Morgan fingerprint density at radius 1 is 1.56 bits per heavy atom. The van der Waals surface area contributed by atoms with E-state index < -0.39 is 4.33 Å². The van der Waals surface area contributed by atoms with Crippen molar-refractivity contribution in [2.24, 2.45) is 5.92 Å². The van der Waals surface area contributed by atoms with Crippen LogP contribution in [0.1, 0.15) is 12.0 Å². The minimum absolute atomic E-state index is 0.115. The van der Waals surface area contributed by atoms with Crippen molar-refractivity contribution >= 4 is 50.7 Å². The van der Waals surface area contributed by atoms with Crippen LogP contribution in [0.2, 0.25) is 0 Å². The molecular formula is C11H10BrCl2NO. The molecule has 1 aliphatic carbocycles. The Morgan fingerprint density at radius 2 is 2.19 bits per heavy atom. The number of hydrogen-bond acceptors (Lipinski definition) is 1. The van der Waals surface area contributed by atoms with Gasteiger partial charge in [0.05, 0.1) is 5.92 Å². The number of amides is 1. The first-order valence-corrected chi connectivity index (χ1v) is 6.40. The second-order valence-corrected chi connectivity index (χ2v) is 6.42. The van der Waals surface area contributed by atoms with Gasteiger partial charge in [0.1, 0.15) is 4.33 Å². The maximum absolute atomic E-state index is 11.7. The Morgan fingerprint density at radius 3 is 2.69 bits per heavy atom. The van der Waals surface area contributed by atoms with E-state index in [9.17, 15) is 4.79 Å². The molecule has 1 unspecified atom stereocenters. The van der Waals surface area contributed by atoms with Crippen molar-refractivity contribution in [1.82, 2.24) is 0 Å². The van der Waals surface area contributed by atoms with Gasteiger partial charge in [-0.05, 0) is 37.1 Å². The SMILES string of the molecule is Cc1cc(Br)ccc1NC(=O)C1CC1(Cl)Cl. The second kappa shape index (κ2) is 4.21. The fraction of sp³-hybridized carbons (Fsp3) is 0.364. The highest BCUT2D eigenvalue weighted by atomic mass is 79.9. The fourth-order valence-corrected chi connectivity index (χ4v) is 2.47. The van der Waals surface area contributed by atoms with Crippen LogP contribution in [0.3, 0.4) is 0 Å². The maximum Gasteiger partial charge on any atom is 0.230 e. The van der Waals surface area contributed by atoms with Crippen LogP contribution in [-0.4, -0.2) is 10.2 Å². The van der Waals surface area contributed by atoms with Gasteiger partial charge in [-0.25, -0.2) is 0 Å². The smallest absolute Gasteiger partial charge is 0.230 e. The number of aryl methyl sites for hydroxylation is 1. The zero-order valence-electron chi connectivity index (χ0n) is 8.56. The van der Waals surface area contributed by atoms with Crippen molar-refractivity contribution < 1.29 is 4.79 Å². The third kappa shape index (κ3) is 2.53. The Bertz CT molecular complexity index is 448. The topological polar surface area (TPSA) is 29.1 Å². The number of hydrogen-bond donors (Lipinski definition) is 1. The maximum atomic E-state index is 11.7. The van der Waals surface area contributed by atoms with Crippen molar-refractivity contribution in [3.63, 3.8) is 0 Å². The molecule has 86 valence electrons. The van der Waals surface area contributed by atoms with E-state index in [0.29, 0.717) is 6.42 Å². The molecule has 0 aromatic heterocycles. The quantitative estimate of drug-likeness (QED) is 0.822. The number of nitrogens with one attached hydrogen (secondary N) is 1. The third-order valence-electron chi connectivity index (χ3n) is 2.59. The molecule has 1 amide bonds. The van der Waals surface area contributed by atoms with E-state index in [1.807, 2.05) is 25.1 Å². The monoisotopic (exact) mass is 321 g/mol. The second-order valence-electron chi connectivity index (χ2n) is 3.97. The summed E-state index contributed by atoms with van der Waals surface area (Å²) in [7, 11) is 0. The van der Waals surface area contributed by atoms with E-state index in [0.717, 1.165) is 15.7 Å². The van der Waals surface area contributed by atoms with Gasteiger partial charge in [0.25, 0.3) is 0 Å². The molecule has 0 spiro atoms. The number of rotatable bonds is 2. The number of anilines is 1. The highest BCUT2D eigenvalue weighted by molar-refractivity contribution is 9.10. The lowest BCUT2D eigenvalue weighted by molar-refractivity contribution is -0.117. The van der Waals surface area contributed by atoms with E-state index >= 15 is 0 Å². The minimum atomic E-state index is -0.868. The average Bonchev–Trinajstić information content (AvgIpc) is 2.80. The molecule has 0 radical (unpaired) electrons. The van der Waals surface area contributed by atoms with E-state index in [1.165, 1.54) is 0 Å². The molecule has 1 aromatic rings. The van der Waals surface area contributed by atoms with E-state index in [4.69, 9.17) is 23.2 Å². The van der Waals surface area contributed by atoms with Crippen molar-refractivity contribution in [1.29, 1.82) is 0 Å². The molecule has 2 rings (SSSR count). The van der Waals surface area contributed by atoms with E-state index in [-0.39, 0.29) is 11.8 Å². The van der Waals surface area contributed by atoms with Crippen molar-refractivity contribution in [2.75, 3.05) is 5.32 Å². The summed E-state index contributed by atoms with van der Waals surface area (Å²) >= 11 is 15.0. The Hall–Kier alpha value is -0.250. The van der Waals surface area contributed by atoms with Crippen molar-refractivity contribution in [3.8, 4) is 0 Å². The van der Waals surface area contributed by atoms with Gasteiger partial charge in [-0.1, -0.05) is 15.9 Å². The Kier molecular flexibility index (Phi) is 3.21. The van der Waals surface area contributed by atoms with Crippen LogP contribution in [0.4, 0.5) is 5.69 Å². The number of alkyl halides is 2. The van der Waals surface area contributed by atoms with E-state index in [1.54, 1.807) is 0 Å². The molecule has 1 fully saturated rings. The summed E-state index contributed by atoms with van der Waals surface area (Å²) < 4.78 is 0.117. The van der Waals surface area contributed by atoms with Gasteiger partial charge >= 0.3 is 0 Å². The lowest BCUT2D eigenvalue weighted by Crippen LogP contribution is -2.17. The van der Waals surface area contributed by atoms with Crippen molar-refractivity contribution in [2.45, 2.75) is 17.7 Å². The lowest BCUT2D eigenvalue weighted by Gasteiger charge is -2.08. The summed E-state index contributed by atoms with van der Waals surface area (Å²) in [6.45, 7) is 1.93. The van der Waals surface area contributed by atoms with Gasteiger partial charge in [0.15, 0.2) is 0 Å². The highest BCUT2D eigenvalue weighted by Gasteiger charge is 2.56. The van der Waals surface area contributed by atoms with Crippen LogP contribution in [0.5, 0.6) is 0 Å². The molecule has 0 aliphatic heterocycles. The summed E-state index contributed by atoms with van der Waals surface area (Å²) in [5.41, 5.74) is 1.79. The van der Waals surface area contributed by atoms with Gasteiger partial charge in [-0.2, -0.15) is 0 Å². The number of carbonyl (C=O) groups is 1. The van der Waals surface area contributed by atoms with Crippen LogP contribution in [-0.2, 0) is 4.79 Å². The number of halogens is 3. The third-order valence-corrected chi connectivity index (χ3v) is 3.92. The van der Waals surface area contributed by atoms with E-state index in [2.05, 4.69) is 21.2 Å².